The van der Waals surface area contributed by atoms with Gasteiger partial charge >= 0.3 is 19.5 Å². The Morgan fingerprint density at radius 1 is 0.541 bits per heavy atom. The lowest BCUT2D eigenvalue weighted by molar-refractivity contribution is 0.344. The lowest BCUT2D eigenvalue weighted by Gasteiger charge is -2.39. The van der Waals surface area contributed by atoms with E-state index in [0.29, 0.717) is 0 Å². The van der Waals surface area contributed by atoms with Crippen LogP contribution in [0.25, 0.3) is 0 Å². The van der Waals surface area contributed by atoms with E-state index in [2.05, 4.69) is 0 Å². The molecule has 37 heavy (non-hydrogen) atoms. The second kappa shape index (κ2) is 11.7. The minimum Gasteiger partial charge on any atom is -0.414 e. The van der Waals surface area contributed by atoms with Gasteiger partial charge in [-0.3, -0.25) is 0 Å². The third kappa shape index (κ3) is 6.00. The molecule has 0 saturated carbocycles. The van der Waals surface area contributed by atoms with Gasteiger partial charge in [-0.2, -0.15) is 0 Å². The molecule has 192 valence electrons. The van der Waals surface area contributed by atoms with Crippen LogP contribution in [0.3, 0.4) is 0 Å². The molecule has 0 fully saturated rings. The first kappa shape index (κ1) is 27.2. The minimum absolute atomic E-state index is 0.162. The summed E-state index contributed by atoms with van der Waals surface area (Å²) in [6.07, 6.45) is 0. The van der Waals surface area contributed by atoms with Gasteiger partial charge in [0.15, 0.2) is 0 Å². The molecule has 0 aliphatic heterocycles. The molecule has 0 aliphatic carbocycles. The van der Waals surface area contributed by atoms with E-state index in [1.165, 1.54) is 6.92 Å². The van der Waals surface area contributed by atoms with Gasteiger partial charge < -0.3 is 18.1 Å². The van der Waals surface area contributed by atoms with Crippen molar-refractivity contribution in [3.05, 3.63) is 121 Å². The Hall–Kier alpha value is -2.88. The largest absolute Gasteiger partial charge is 0.468 e. The topological polar surface area (TPSA) is 71.1 Å². The van der Waals surface area contributed by atoms with Gasteiger partial charge in [0.05, 0.1) is 5.38 Å². The maximum absolute atomic E-state index is 14.8. The predicted molar refractivity (Wildman–Crippen MR) is 147 cm³/mol. The van der Waals surface area contributed by atoms with Crippen molar-refractivity contribution in [2.24, 2.45) is 0 Å². The van der Waals surface area contributed by atoms with Crippen LogP contribution in [0.15, 0.2) is 121 Å². The third-order valence-corrected chi connectivity index (χ3v) is 13.0. The lowest BCUT2D eigenvalue weighted by Crippen LogP contribution is -2.38. The number of halogens is 2. The van der Waals surface area contributed by atoms with E-state index in [1.54, 1.807) is 121 Å². The first-order valence-corrected chi connectivity index (χ1v) is 15.2. The highest BCUT2D eigenvalue weighted by atomic mass is 35.5. The monoisotopic (exact) mass is 576 g/mol. The summed E-state index contributed by atoms with van der Waals surface area (Å²) in [6, 6.07) is 33.0. The number of hydrogen-bond donors (Lipinski definition) is 0. The number of benzene rings is 4. The fraction of sp³-hybridized carbons (Fsp3) is 0.111. The smallest absolute Gasteiger partial charge is 0.414 e. The highest BCUT2D eigenvalue weighted by Gasteiger charge is 2.72. The van der Waals surface area contributed by atoms with Crippen LogP contribution in [0.5, 0.6) is 23.0 Å². The van der Waals surface area contributed by atoms with Crippen molar-refractivity contribution in [1.82, 2.24) is 0 Å². The summed E-state index contributed by atoms with van der Waals surface area (Å²) in [7, 11) is -9.43. The Bertz CT molecular complexity index is 1180. The molecule has 10 heteroatoms. The van der Waals surface area contributed by atoms with Gasteiger partial charge in [-0.25, -0.2) is 9.13 Å². The molecule has 1 unspecified atom stereocenters. The van der Waals surface area contributed by atoms with Crippen LogP contribution in [-0.2, 0) is 9.13 Å². The second-order valence-electron chi connectivity index (χ2n) is 7.86. The molecule has 0 aliphatic rings. The summed E-state index contributed by atoms with van der Waals surface area (Å²) < 4.78 is 50.9. The molecule has 0 radical (unpaired) electrons. The Morgan fingerprint density at radius 2 is 0.757 bits per heavy atom. The van der Waals surface area contributed by atoms with Gasteiger partial charge in [-0.1, -0.05) is 84.4 Å². The van der Waals surface area contributed by atoms with Crippen molar-refractivity contribution in [2.75, 3.05) is 0 Å². The molecule has 6 nitrogen and oxygen atoms in total. The van der Waals surface area contributed by atoms with Crippen LogP contribution in [0, 0.1) is 0 Å². The molecule has 0 N–H and O–H groups in total. The van der Waals surface area contributed by atoms with E-state index in [-0.39, 0.29) is 23.0 Å². The van der Waals surface area contributed by atoms with Crippen LogP contribution < -0.4 is 18.1 Å². The number of para-hydroxylation sites is 4. The van der Waals surface area contributed by atoms with Crippen LogP contribution >= 0.6 is 38.4 Å². The Labute approximate surface area is 226 Å². The lowest BCUT2D eigenvalue weighted by atomic mass is 10.3. The molecule has 0 spiro atoms. The zero-order valence-electron chi connectivity index (χ0n) is 19.7. The predicted octanol–water partition coefficient (Wildman–Crippen LogP) is 9.21. The molecule has 4 rings (SSSR count). The van der Waals surface area contributed by atoms with Gasteiger partial charge in [-0.15, -0.1) is 11.6 Å². The molecule has 4 aromatic carbocycles. The van der Waals surface area contributed by atoms with Gasteiger partial charge in [-0.05, 0) is 55.5 Å². The van der Waals surface area contributed by atoms with Crippen LogP contribution in [0.1, 0.15) is 6.92 Å². The van der Waals surface area contributed by atoms with Gasteiger partial charge in [0, 0.05) is 0 Å². The third-order valence-electron chi connectivity index (χ3n) is 5.15. The summed E-state index contributed by atoms with van der Waals surface area (Å²) >= 11 is 13.8. The van der Waals surface area contributed by atoms with E-state index in [1.807, 2.05) is 0 Å². The SMILES string of the molecule is CC(Cl)C(Cl)(P(=O)(Oc1ccccc1)Oc1ccccc1)P(=O)(Oc1ccccc1)Oc1ccccc1. The molecule has 4 aromatic rings. The highest BCUT2D eigenvalue weighted by molar-refractivity contribution is 7.78. The fourth-order valence-corrected chi connectivity index (χ4v) is 9.24. The summed E-state index contributed by atoms with van der Waals surface area (Å²) in [5.74, 6) is 0.648. The van der Waals surface area contributed by atoms with E-state index >= 15 is 0 Å². The van der Waals surface area contributed by atoms with Crippen molar-refractivity contribution in [1.29, 1.82) is 0 Å². The average molecular weight is 577 g/mol. The number of hydrogen-bond acceptors (Lipinski definition) is 6. The summed E-state index contributed by atoms with van der Waals surface area (Å²) in [6.45, 7) is 1.43. The molecule has 0 amide bonds. The maximum Gasteiger partial charge on any atom is 0.468 e. The zero-order valence-corrected chi connectivity index (χ0v) is 23.0. The molecular weight excluding hydrogens is 553 g/mol. The Balaban J connectivity index is 1.91. The first-order chi connectivity index (χ1) is 17.8. The maximum atomic E-state index is 14.8. The fourth-order valence-electron chi connectivity index (χ4n) is 3.36. The standard InChI is InChI=1S/C27H24Cl2O6P2/c1-22(28)27(29,36(30,32-23-14-6-2-7-15-23)33-24-16-8-3-9-17-24)37(31,34-25-18-10-4-11-19-25)35-26-20-12-5-13-21-26/h2-22H,1H3. The van der Waals surface area contributed by atoms with Gasteiger partial charge in [0.1, 0.15) is 23.0 Å². The molecule has 1 atom stereocenters. The second-order valence-corrected chi connectivity index (χ2v) is 14.1. The van der Waals surface area contributed by atoms with Crippen molar-refractivity contribution < 1.29 is 27.2 Å². The van der Waals surface area contributed by atoms with Gasteiger partial charge in [0.2, 0.25) is 0 Å². The molecular formula is C27H24Cl2O6P2. The van der Waals surface area contributed by atoms with Crippen molar-refractivity contribution in [3.63, 3.8) is 0 Å². The zero-order chi connectivity index (χ0) is 26.4. The average Bonchev–Trinajstić information content (AvgIpc) is 2.90. The van der Waals surface area contributed by atoms with Crippen molar-refractivity contribution in [3.8, 4) is 23.0 Å². The molecule has 0 saturated heterocycles. The Kier molecular flexibility index (Phi) is 8.56. The molecule has 0 heterocycles. The van der Waals surface area contributed by atoms with E-state index in [4.69, 9.17) is 41.3 Å². The van der Waals surface area contributed by atoms with Crippen LogP contribution in [0.4, 0.5) is 0 Å². The molecule has 0 aromatic heterocycles. The van der Waals surface area contributed by atoms with Crippen molar-refractivity contribution >= 4 is 38.4 Å². The quantitative estimate of drug-likeness (QED) is 0.131. The summed E-state index contributed by atoms with van der Waals surface area (Å²) in [5.41, 5.74) is 0. The highest BCUT2D eigenvalue weighted by Crippen LogP contribution is 2.79. The summed E-state index contributed by atoms with van der Waals surface area (Å²) in [4.78, 5) is 0. The Morgan fingerprint density at radius 3 is 0.946 bits per heavy atom. The van der Waals surface area contributed by atoms with Crippen LogP contribution in [0.2, 0.25) is 0 Å². The van der Waals surface area contributed by atoms with Crippen molar-refractivity contribution in [2.45, 2.75) is 16.7 Å². The normalized spacial score (nSPS) is 12.8. The molecule has 0 bridgehead atoms. The summed E-state index contributed by atoms with van der Waals surface area (Å²) in [5, 5.41) is -1.30. The van der Waals surface area contributed by atoms with E-state index in [9.17, 15) is 9.13 Å². The van der Waals surface area contributed by atoms with E-state index in [0.717, 1.165) is 0 Å². The minimum atomic E-state index is -4.72. The van der Waals surface area contributed by atoms with E-state index < -0.39 is 24.9 Å². The number of alkyl halides is 2. The first-order valence-electron chi connectivity index (χ1n) is 11.3. The number of rotatable bonds is 11. The van der Waals surface area contributed by atoms with Crippen LogP contribution in [-0.4, -0.2) is 9.73 Å². The van der Waals surface area contributed by atoms with Gasteiger partial charge in [0.25, 0.3) is 0 Å².